The molecule has 0 aromatic heterocycles. The van der Waals surface area contributed by atoms with E-state index in [-0.39, 0.29) is 10.0 Å². The van der Waals surface area contributed by atoms with Crippen LogP contribution in [0.2, 0.25) is 0 Å². The number of aryl methyl sites for hydroxylation is 1. The molecule has 0 amide bonds. The van der Waals surface area contributed by atoms with Gasteiger partial charge in [0.25, 0.3) is 10.0 Å². The number of nitrogens with one attached hydrogen (secondary N) is 2. The second-order valence-electron chi connectivity index (χ2n) is 5.63. The molecular weight excluding hydrogens is 304 g/mol. The van der Waals surface area contributed by atoms with Crippen LogP contribution >= 0.6 is 12.2 Å². The van der Waals surface area contributed by atoms with Crippen LogP contribution in [0, 0.1) is 12.8 Å². The highest BCUT2D eigenvalue weighted by Gasteiger charge is 2.17. The zero-order chi connectivity index (χ0) is 15.3. The van der Waals surface area contributed by atoms with Crippen LogP contribution < -0.4 is 10.0 Å². The molecule has 1 aliphatic rings. The van der Waals surface area contributed by atoms with Gasteiger partial charge in [0.2, 0.25) is 0 Å². The number of sulfonamides is 1. The molecule has 0 heterocycles. The molecule has 116 valence electrons. The lowest BCUT2D eigenvalue weighted by atomic mass is 9.89. The van der Waals surface area contributed by atoms with Crippen molar-refractivity contribution in [3.8, 4) is 0 Å². The van der Waals surface area contributed by atoms with Crippen molar-refractivity contribution in [1.82, 2.24) is 10.0 Å². The molecule has 0 unspecified atom stereocenters. The van der Waals surface area contributed by atoms with Crippen LogP contribution in [0.25, 0.3) is 0 Å². The summed E-state index contributed by atoms with van der Waals surface area (Å²) in [6.07, 6.45) is 6.21. The lowest BCUT2D eigenvalue weighted by Gasteiger charge is -2.22. The Morgan fingerprint density at radius 1 is 1.19 bits per heavy atom. The zero-order valence-electron chi connectivity index (χ0n) is 12.3. The summed E-state index contributed by atoms with van der Waals surface area (Å²) in [4.78, 5) is 0.231. The van der Waals surface area contributed by atoms with E-state index in [2.05, 4.69) is 10.0 Å². The lowest BCUT2D eigenvalue weighted by Crippen LogP contribution is -2.41. The molecule has 4 nitrogen and oxygen atoms in total. The quantitative estimate of drug-likeness (QED) is 0.835. The van der Waals surface area contributed by atoms with Crippen LogP contribution in [-0.4, -0.2) is 20.1 Å². The number of thiocarbonyl (C=S) groups is 1. The third kappa shape index (κ3) is 4.97. The Morgan fingerprint density at radius 3 is 2.43 bits per heavy atom. The van der Waals surface area contributed by atoms with Crippen LogP contribution in [0.5, 0.6) is 0 Å². The Hall–Kier alpha value is -1.14. The van der Waals surface area contributed by atoms with Gasteiger partial charge in [0.05, 0.1) is 4.90 Å². The molecule has 0 bridgehead atoms. The first-order valence-corrected chi connectivity index (χ1v) is 9.24. The Kier molecular flexibility index (Phi) is 5.58. The van der Waals surface area contributed by atoms with E-state index in [4.69, 9.17) is 12.2 Å². The van der Waals surface area contributed by atoms with Crippen molar-refractivity contribution >= 4 is 27.4 Å². The molecule has 1 saturated carbocycles. The minimum atomic E-state index is -3.58. The molecule has 0 atom stereocenters. The largest absolute Gasteiger partial charge is 0.362 e. The molecule has 6 heteroatoms. The van der Waals surface area contributed by atoms with Crippen molar-refractivity contribution in [3.05, 3.63) is 29.8 Å². The van der Waals surface area contributed by atoms with E-state index in [0.29, 0.717) is 5.92 Å². The van der Waals surface area contributed by atoms with Gasteiger partial charge in [0.1, 0.15) is 0 Å². The van der Waals surface area contributed by atoms with Crippen LogP contribution in [-0.2, 0) is 10.0 Å². The van der Waals surface area contributed by atoms with Gasteiger partial charge in [-0.05, 0) is 50.0 Å². The minimum Gasteiger partial charge on any atom is -0.362 e. The van der Waals surface area contributed by atoms with Gasteiger partial charge >= 0.3 is 0 Å². The van der Waals surface area contributed by atoms with Crippen molar-refractivity contribution < 1.29 is 8.42 Å². The zero-order valence-corrected chi connectivity index (χ0v) is 13.9. The van der Waals surface area contributed by atoms with Crippen molar-refractivity contribution in [3.63, 3.8) is 0 Å². The second kappa shape index (κ2) is 7.22. The standard InChI is InChI=1S/C15H22N2O2S2/c1-12-7-9-14(10-8-12)21(18,19)17-15(20)16-11-13-5-3-2-4-6-13/h7-10,13H,2-6,11H2,1H3,(H2,16,17,20). The second-order valence-corrected chi connectivity index (χ2v) is 7.72. The lowest BCUT2D eigenvalue weighted by molar-refractivity contribution is 0.357. The van der Waals surface area contributed by atoms with E-state index >= 15 is 0 Å². The molecule has 0 radical (unpaired) electrons. The number of benzene rings is 1. The van der Waals surface area contributed by atoms with Gasteiger partial charge in [-0.1, -0.05) is 37.0 Å². The molecule has 1 aromatic carbocycles. The van der Waals surface area contributed by atoms with Crippen molar-refractivity contribution in [2.45, 2.75) is 43.9 Å². The van der Waals surface area contributed by atoms with Gasteiger partial charge in [-0.25, -0.2) is 8.42 Å². The van der Waals surface area contributed by atoms with Gasteiger partial charge < -0.3 is 5.32 Å². The summed E-state index contributed by atoms with van der Waals surface area (Å²) < 4.78 is 26.8. The Labute approximate surface area is 132 Å². The summed E-state index contributed by atoms with van der Waals surface area (Å²) >= 11 is 5.09. The fourth-order valence-electron chi connectivity index (χ4n) is 2.56. The maximum absolute atomic E-state index is 12.2. The van der Waals surface area contributed by atoms with Gasteiger partial charge in [-0.15, -0.1) is 0 Å². The molecule has 1 fully saturated rings. The predicted octanol–water partition coefficient (Wildman–Crippen LogP) is 2.73. The summed E-state index contributed by atoms with van der Waals surface area (Å²) in [5.41, 5.74) is 1.02. The monoisotopic (exact) mass is 326 g/mol. The minimum absolute atomic E-state index is 0.182. The third-order valence-corrected chi connectivity index (χ3v) is 5.58. The Morgan fingerprint density at radius 2 is 1.81 bits per heavy atom. The summed E-state index contributed by atoms with van der Waals surface area (Å²) in [6.45, 7) is 2.66. The fourth-order valence-corrected chi connectivity index (χ4v) is 3.90. The third-order valence-electron chi connectivity index (χ3n) is 3.83. The number of rotatable bonds is 4. The summed E-state index contributed by atoms with van der Waals surface area (Å²) in [5, 5.41) is 3.21. The Balaban J connectivity index is 1.87. The van der Waals surface area contributed by atoms with Gasteiger partial charge in [0, 0.05) is 6.54 Å². The van der Waals surface area contributed by atoms with E-state index in [1.54, 1.807) is 24.3 Å². The Bertz CT molecular complexity index is 576. The van der Waals surface area contributed by atoms with Crippen molar-refractivity contribution in [2.75, 3.05) is 6.54 Å². The van der Waals surface area contributed by atoms with E-state index in [1.165, 1.54) is 32.1 Å². The number of hydrogen-bond donors (Lipinski definition) is 2. The van der Waals surface area contributed by atoms with Crippen molar-refractivity contribution in [2.24, 2.45) is 5.92 Å². The molecule has 0 saturated heterocycles. The summed E-state index contributed by atoms with van der Waals surface area (Å²) in [7, 11) is -3.58. The van der Waals surface area contributed by atoms with Crippen molar-refractivity contribution in [1.29, 1.82) is 0 Å². The molecule has 0 spiro atoms. The molecule has 1 aliphatic carbocycles. The summed E-state index contributed by atoms with van der Waals surface area (Å²) in [5.74, 6) is 0.598. The van der Waals surface area contributed by atoms with E-state index < -0.39 is 10.0 Å². The highest BCUT2D eigenvalue weighted by Crippen LogP contribution is 2.22. The van der Waals surface area contributed by atoms with Crippen LogP contribution in [0.3, 0.4) is 0 Å². The highest BCUT2D eigenvalue weighted by molar-refractivity contribution is 7.91. The van der Waals surface area contributed by atoms with E-state index in [1.807, 2.05) is 6.92 Å². The van der Waals surface area contributed by atoms with Gasteiger partial charge in [0.15, 0.2) is 5.11 Å². The number of hydrogen-bond acceptors (Lipinski definition) is 3. The smallest absolute Gasteiger partial charge is 0.263 e. The van der Waals surface area contributed by atoms with Crippen LogP contribution in [0.4, 0.5) is 0 Å². The molecule has 1 aromatic rings. The SMILES string of the molecule is Cc1ccc(S(=O)(=O)NC(=S)NCC2CCCCC2)cc1. The average molecular weight is 326 g/mol. The topological polar surface area (TPSA) is 58.2 Å². The molecular formula is C15H22N2O2S2. The highest BCUT2D eigenvalue weighted by atomic mass is 32.2. The van der Waals surface area contributed by atoms with Gasteiger partial charge in [-0.3, -0.25) is 4.72 Å². The molecule has 21 heavy (non-hydrogen) atoms. The summed E-state index contributed by atoms with van der Waals surface area (Å²) in [6, 6.07) is 6.71. The van der Waals surface area contributed by atoms with E-state index in [0.717, 1.165) is 12.1 Å². The average Bonchev–Trinajstić information content (AvgIpc) is 2.46. The van der Waals surface area contributed by atoms with E-state index in [9.17, 15) is 8.42 Å². The van der Waals surface area contributed by atoms with Crippen LogP contribution in [0.15, 0.2) is 29.2 Å². The molecule has 2 N–H and O–H groups in total. The molecule has 2 rings (SSSR count). The maximum atomic E-state index is 12.2. The maximum Gasteiger partial charge on any atom is 0.263 e. The predicted molar refractivity (Wildman–Crippen MR) is 88.7 cm³/mol. The first kappa shape index (κ1) is 16.2. The van der Waals surface area contributed by atoms with Crippen LogP contribution in [0.1, 0.15) is 37.7 Å². The van der Waals surface area contributed by atoms with Gasteiger partial charge in [-0.2, -0.15) is 0 Å². The first-order valence-electron chi connectivity index (χ1n) is 7.35. The normalized spacial score (nSPS) is 16.4. The first-order chi connectivity index (χ1) is 9.97. The molecule has 0 aliphatic heterocycles. The fraction of sp³-hybridized carbons (Fsp3) is 0.533.